The predicted molar refractivity (Wildman–Crippen MR) is 99.2 cm³/mol. The van der Waals surface area contributed by atoms with Crippen LogP contribution in [0.3, 0.4) is 0 Å². The monoisotopic (exact) mass is 351 g/mol. The summed E-state index contributed by atoms with van der Waals surface area (Å²) in [6.45, 7) is 2.05. The molecule has 2 heterocycles. The number of rotatable bonds is 5. The van der Waals surface area contributed by atoms with Gasteiger partial charge in [-0.05, 0) is 50.2 Å². The van der Waals surface area contributed by atoms with E-state index >= 15 is 0 Å². The molecule has 3 unspecified atom stereocenters. The van der Waals surface area contributed by atoms with Crippen LogP contribution in [0.1, 0.15) is 32.1 Å². The first-order valence-electron chi connectivity index (χ1n) is 9.57. The summed E-state index contributed by atoms with van der Waals surface area (Å²) in [5, 5.41) is 12.5. The van der Waals surface area contributed by atoms with Gasteiger partial charge in [-0.15, -0.1) is 0 Å². The Morgan fingerprint density at radius 2 is 2.19 bits per heavy atom. The first kappa shape index (κ1) is 17.0. The fraction of sp³-hybridized carbons (Fsp3) is 0.550. The van der Waals surface area contributed by atoms with E-state index in [1.165, 1.54) is 11.9 Å². The van der Waals surface area contributed by atoms with Gasteiger partial charge in [0.1, 0.15) is 6.04 Å². The summed E-state index contributed by atoms with van der Waals surface area (Å²) in [4.78, 5) is 18.6. The van der Waals surface area contributed by atoms with E-state index in [4.69, 9.17) is 5.26 Å². The zero-order valence-corrected chi connectivity index (χ0v) is 15.0. The molecule has 1 saturated carbocycles. The molecule has 2 aliphatic rings. The number of nitrogens with one attached hydrogen (secondary N) is 1. The lowest BCUT2D eigenvalue weighted by molar-refractivity contribution is -0.130. The largest absolute Gasteiger partial charge is 0.330 e. The van der Waals surface area contributed by atoms with E-state index in [1.807, 2.05) is 18.5 Å². The number of fused-ring (bicyclic) bond motifs is 1. The molecule has 1 aromatic carbocycles. The minimum absolute atomic E-state index is 0.0677. The number of carbonyl (C=O) groups is 1. The second kappa shape index (κ2) is 7.46. The van der Waals surface area contributed by atoms with Crippen LogP contribution in [0.15, 0.2) is 30.6 Å². The summed E-state index contributed by atoms with van der Waals surface area (Å²) < 4.78 is 2.25. The molecule has 3 atom stereocenters. The van der Waals surface area contributed by atoms with Crippen LogP contribution in [0.25, 0.3) is 11.0 Å². The molecule has 1 N–H and O–H groups in total. The average molecular weight is 351 g/mol. The van der Waals surface area contributed by atoms with E-state index in [9.17, 15) is 4.79 Å². The van der Waals surface area contributed by atoms with Crippen molar-refractivity contribution in [2.75, 3.05) is 13.1 Å². The van der Waals surface area contributed by atoms with Gasteiger partial charge in [-0.25, -0.2) is 4.98 Å². The molecular formula is C20H25N5O. The van der Waals surface area contributed by atoms with Gasteiger partial charge < -0.3 is 14.8 Å². The SMILES string of the molecule is N#CC1CCCN1C(=O)CNC1CCC(Cn2cnc3ccccc32)C1. The third-order valence-corrected chi connectivity index (χ3v) is 5.79. The molecule has 6 nitrogen and oxygen atoms in total. The summed E-state index contributed by atoms with van der Waals surface area (Å²) in [5.74, 6) is 0.678. The molecule has 2 fully saturated rings. The molecular weight excluding hydrogens is 326 g/mol. The van der Waals surface area contributed by atoms with Gasteiger partial charge in [-0.1, -0.05) is 12.1 Å². The van der Waals surface area contributed by atoms with Crippen molar-refractivity contribution >= 4 is 16.9 Å². The number of likely N-dealkylation sites (tertiary alicyclic amines) is 1. The zero-order chi connectivity index (χ0) is 17.9. The maximum atomic E-state index is 12.4. The van der Waals surface area contributed by atoms with Crippen molar-refractivity contribution in [3.63, 3.8) is 0 Å². The molecule has 26 heavy (non-hydrogen) atoms. The van der Waals surface area contributed by atoms with Crippen LogP contribution in [0.4, 0.5) is 0 Å². The minimum atomic E-state index is -0.227. The Morgan fingerprint density at radius 1 is 1.31 bits per heavy atom. The normalized spacial score (nSPS) is 25.7. The highest BCUT2D eigenvalue weighted by Gasteiger charge is 2.30. The van der Waals surface area contributed by atoms with Crippen molar-refractivity contribution in [2.24, 2.45) is 5.92 Å². The number of amides is 1. The summed E-state index contributed by atoms with van der Waals surface area (Å²) in [5.41, 5.74) is 2.24. The molecule has 1 saturated heterocycles. The molecule has 1 amide bonds. The van der Waals surface area contributed by atoms with E-state index < -0.39 is 0 Å². The lowest BCUT2D eigenvalue weighted by Gasteiger charge is -2.21. The highest BCUT2D eigenvalue weighted by atomic mass is 16.2. The van der Waals surface area contributed by atoms with E-state index in [-0.39, 0.29) is 11.9 Å². The maximum Gasteiger partial charge on any atom is 0.237 e. The van der Waals surface area contributed by atoms with E-state index in [2.05, 4.69) is 33.1 Å². The Balaban J connectivity index is 1.28. The average Bonchev–Trinajstić information content (AvgIpc) is 3.40. The number of nitriles is 1. The number of para-hydroxylation sites is 2. The lowest BCUT2D eigenvalue weighted by Crippen LogP contribution is -2.42. The van der Waals surface area contributed by atoms with Gasteiger partial charge in [0.15, 0.2) is 0 Å². The smallest absolute Gasteiger partial charge is 0.237 e. The van der Waals surface area contributed by atoms with Crippen LogP contribution >= 0.6 is 0 Å². The number of hydrogen-bond acceptors (Lipinski definition) is 4. The van der Waals surface area contributed by atoms with Crippen molar-refractivity contribution in [3.05, 3.63) is 30.6 Å². The van der Waals surface area contributed by atoms with Crippen molar-refractivity contribution < 1.29 is 4.79 Å². The van der Waals surface area contributed by atoms with E-state index in [1.54, 1.807) is 4.90 Å². The van der Waals surface area contributed by atoms with Crippen LogP contribution in [0.2, 0.25) is 0 Å². The number of nitrogens with zero attached hydrogens (tertiary/aromatic N) is 4. The second-order valence-electron chi connectivity index (χ2n) is 7.52. The number of carbonyl (C=O) groups excluding carboxylic acids is 1. The molecule has 4 rings (SSSR count). The lowest BCUT2D eigenvalue weighted by atomic mass is 10.1. The number of imidazole rings is 1. The molecule has 136 valence electrons. The summed E-state index contributed by atoms with van der Waals surface area (Å²) in [7, 11) is 0. The quantitative estimate of drug-likeness (QED) is 0.897. The number of benzene rings is 1. The Kier molecular flexibility index (Phi) is 4.89. The number of hydrogen-bond donors (Lipinski definition) is 1. The first-order chi connectivity index (χ1) is 12.7. The fourth-order valence-corrected chi connectivity index (χ4v) is 4.39. The maximum absolute atomic E-state index is 12.4. The van der Waals surface area contributed by atoms with Gasteiger partial charge in [0.25, 0.3) is 0 Å². The van der Waals surface area contributed by atoms with Crippen LogP contribution in [0.5, 0.6) is 0 Å². The van der Waals surface area contributed by atoms with E-state index in [0.717, 1.165) is 44.3 Å². The third-order valence-electron chi connectivity index (χ3n) is 5.79. The molecule has 1 aliphatic heterocycles. The Morgan fingerprint density at radius 3 is 3.08 bits per heavy atom. The van der Waals surface area contributed by atoms with Crippen molar-refractivity contribution in [1.82, 2.24) is 19.8 Å². The molecule has 0 bridgehead atoms. The molecule has 2 aromatic rings. The topological polar surface area (TPSA) is 74.0 Å². The van der Waals surface area contributed by atoms with Crippen LogP contribution in [-0.2, 0) is 11.3 Å². The van der Waals surface area contributed by atoms with E-state index in [0.29, 0.717) is 18.5 Å². The summed E-state index contributed by atoms with van der Waals surface area (Å²) in [6, 6.07) is 10.6. The Hall–Kier alpha value is -2.39. The Labute approximate surface area is 153 Å². The summed E-state index contributed by atoms with van der Waals surface area (Å²) in [6.07, 6.45) is 7.04. The Bertz CT molecular complexity index is 823. The molecule has 0 spiro atoms. The van der Waals surface area contributed by atoms with Crippen LogP contribution < -0.4 is 5.32 Å². The minimum Gasteiger partial charge on any atom is -0.330 e. The van der Waals surface area contributed by atoms with Gasteiger partial charge in [0.2, 0.25) is 5.91 Å². The second-order valence-corrected chi connectivity index (χ2v) is 7.52. The van der Waals surface area contributed by atoms with Crippen molar-refractivity contribution in [2.45, 2.75) is 50.7 Å². The van der Waals surface area contributed by atoms with Gasteiger partial charge in [-0.2, -0.15) is 5.26 Å². The zero-order valence-electron chi connectivity index (χ0n) is 15.0. The highest BCUT2D eigenvalue weighted by Crippen LogP contribution is 2.28. The van der Waals surface area contributed by atoms with Gasteiger partial charge in [0.05, 0.1) is 30.0 Å². The van der Waals surface area contributed by atoms with Gasteiger partial charge >= 0.3 is 0 Å². The van der Waals surface area contributed by atoms with Crippen LogP contribution in [-0.4, -0.2) is 45.5 Å². The fourth-order valence-electron chi connectivity index (χ4n) is 4.39. The molecule has 0 radical (unpaired) electrons. The van der Waals surface area contributed by atoms with Gasteiger partial charge in [0, 0.05) is 19.1 Å². The standard InChI is InChI=1S/C20H25N5O/c21-11-17-4-3-9-25(17)20(26)12-22-16-8-7-15(10-16)13-24-14-23-18-5-1-2-6-19(18)24/h1-2,5-6,14-17,22H,3-4,7-10,12-13H2. The summed E-state index contributed by atoms with van der Waals surface area (Å²) >= 11 is 0. The van der Waals surface area contributed by atoms with Gasteiger partial charge in [-0.3, -0.25) is 4.79 Å². The third kappa shape index (κ3) is 3.45. The first-order valence-corrected chi connectivity index (χ1v) is 9.57. The molecule has 1 aliphatic carbocycles. The molecule has 1 aromatic heterocycles. The highest BCUT2D eigenvalue weighted by molar-refractivity contribution is 5.79. The van der Waals surface area contributed by atoms with Crippen molar-refractivity contribution in [1.29, 1.82) is 5.26 Å². The van der Waals surface area contributed by atoms with Crippen LogP contribution in [0, 0.1) is 17.2 Å². The predicted octanol–water partition coefficient (Wildman–Crippen LogP) is 2.31. The number of aromatic nitrogens is 2. The molecule has 6 heteroatoms. The van der Waals surface area contributed by atoms with Crippen molar-refractivity contribution in [3.8, 4) is 6.07 Å².